The van der Waals surface area contributed by atoms with E-state index in [-0.39, 0.29) is 0 Å². The minimum absolute atomic E-state index is 0.582. The van der Waals surface area contributed by atoms with Gasteiger partial charge in [-0.3, -0.25) is 9.98 Å². The van der Waals surface area contributed by atoms with Crippen LogP contribution in [0.25, 0.3) is 0 Å². The summed E-state index contributed by atoms with van der Waals surface area (Å²) in [5, 5.41) is 6.71. The second-order valence-electron chi connectivity index (χ2n) is 8.92. The molecule has 0 aromatic heterocycles. The molecule has 0 saturated heterocycles. The molecule has 2 aromatic rings. The molecule has 2 N–H and O–H groups in total. The Morgan fingerprint density at radius 1 is 0.781 bits per heavy atom. The first kappa shape index (κ1) is 24.0. The van der Waals surface area contributed by atoms with Crippen molar-refractivity contribution in [1.82, 2.24) is 10.6 Å². The molecule has 2 heterocycles. The zero-order chi connectivity index (χ0) is 22.9. The van der Waals surface area contributed by atoms with Crippen molar-refractivity contribution in [3.8, 4) is 0 Å². The van der Waals surface area contributed by atoms with E-state index in [1.807, 2.05) is 0 Å². The van der Waals surface area contributed by atoms with Crippen LogP contribution in [0.2, 0.25) is 0 Å². The van der Waals surface area contributed by atoms with Gasteiger partial charge in [-0.1, -0.05) is 64.1 Å². The zero-order valence-electron chi connectivity index (χ0n) is 20.6. The lowest BCUT2D eigenvalue weighted by atomic mass is 9.90. The lowest BCUT2D eigenvalue weighted by Gasteiger charge is -2.16. The maximum absolute atomic E-state index is 4.51. The van der Waals surface area contributed by atoms with Gasteiger partial charge in [0.1, 0.15) is 11.7 Å². The molecule has 0 unspecified atom stereocenters. The van der Waals surface area contributed by atoms with Gasteiger partial charge in [0.05, 0.1) is 13.1 Å². The smallest absolute Gasteiger partial charge is 0.101 e. The molecule has 0 fully saturated rings. The first-order valence-electron chi connectivity index (χ1n) is 12.3. The predicted molar refractivity (Wildman–Crippen MR) is 138 cm³/mol. The summed E-state index contributed by atoms with van der Waals surface area (Å²) in [7, 11) is 0. The SMILES string of the molecule is CCc1cccc(C(C)C)c1CC1=NCCN1.CCc1cccc(C)c1CC1=NCCN1. The summed E-state index contributed by atoms with van der Waals surface area (Å²) in [4.78, 5) is 8.97. The lowest BCUT2D eigenvalue weighted by Crippen LogP contribution is -2.22. The number of nitrogens with zero attached hydrogens (tertiary/aromatic N) is 2. The fourth-order valence-corrected chi connectivity index (χ4v) is 4.56. The summed E-state index contributed by atoms with van der Waals surface area (Å²) in [5.74, 6) is 2.89. The summed E-state index contributed by atoms with van der Waals surface area (Å²) >= 11 is 0. The van der Waals surface area contributed by atoms with Crippen molar-refractivity contribution >= 4 is 11.7 Å². The molecule has 4 nitrogen and oxygen atoms in total. The molecule has 2 aromatic carbocycles. The van der Waals surface area contributed by atoms with Crippen LogP contribution in [0.5, 0.6) is 0 Å². The third-order valence-corrected chi connectivity index (χ3v) is 6.38. The van der Waals surface area contributed by atoms with Crippen LogP contribution in [0, 0.1) is 6.92 Å². The van der Waals surface area contributed by atoms with Gasteiger partial charge >= 0.3 is 0 Å². The van der Waals surface area contributed by atoms with Gasteiger partial charge in [-0.05, 0) is 59.1 Å². The molecule has 172 valence electrons. The van der Waals surface area contributed by atoms with Gasteiger partial charge in [0.25, 0.3) is 0 Å². The van der Waals surface area contributed by atoms with Gasteiger partial charge in [0.2, 0.25) is 0 Å². The number of aryl methyl sites for hydroxylation is 3. The Kier molecular flexibility index (Phi) is 8.90. The van der Waals surface area contributed by atoms with Crippen molar-refractivity contribution in [3.05, 3.63) is 69.8 Å². The van der Waals surface area contributed by atoms with Gasteiger partial charge in [-0.2, -0.15) is 0 Å². The average Bonchev–Trinajstić information content (AvgIpc) is 3.50. The van der Waals surface area contributed by atoms with Crippen LogP contribution >= 0.6 is 0 Å². The largest absolute Gasteiger partial charge is 0.372 e. The minimum atomic E-state index is 0.582. The highest BCUT2D eigenvalue weighted by Gasteiger charge is 2.14. The van der Waals surface area contributed by atoms with E-state index in [1.165, 1.54) is 33.4 Å². The fourth-order valence-electron chi connectivity index (χ4n) is 4.56. The molecule has 32 heavy (non-hydrogen) atoms. The molecule has 2 aliphatic rings. The Balaban J connectivity index is 0.000000182. The second kappa shape index (κ2) is 11.8. The molecular weight excluding hydrogens is 392 g/mol. The Bertz CT molecular complexity index is 956. The monoisotopic (exact) mass is 432 g/mol. The minimum Gasteiger partial charge on any atom is -0.372 e. The summed E-state index contributed by atoms with van der Waals surface area (Å²) in [6.45, 7) is 15.0. The van der Waals surface area contributed by atoms with E-state index in [0.717, 1.165) is 63.5 Å². The molecule has 4 rings (SSSR count). The van der Waals surface area contributed by atoms with Crippen LogP contribution in [0.3, 0.4) is 0 Å². The normalized spacial score (nSPS) is 14.9. The van der Waals surface area contributed by atoms with Crippen LogP contribution < -0.4 is 10.6 Å². The van der Waals surface area contributed by atoms with Crippen molar-refractivity contribution in [3.63, 3.8) is 0 Å². The molecule has 0 atom stereocenters. The highest BCUT2D eigenvalue weighted by atomic mass is 15.1. The average molecular weight is 433 g/mol. The zero-order valence-corrected chi connectivity index (χ0v) is 20.6. The van der Waals surface area contributed by atoms with Crippen LogP contribution in [-0.2, 0) is 25.7 Å². The van der Waals surface area contributed by atoms with E-state index in [9.17, 15) is 0 Å². The Labute approximate surface area is 194 Å². The first-order chi connectivity index (χ1) is 15.5. The van der Waals surface area contributed by atoms with Crippen molar-refractivity contribution in [1.29, 1.82) is 0 Å². The summed E-state index contributed by atoms with van der Waals surface area (Å²) in [5.41, 5.74) is 8.71. The molecule has 0 spiro atoms. The Morgan fingerprint density at radius 2 is 1.31 bits per heavy atom. The molecule has 2 aliphatic heterocycles. The van der Waals surface area contributed by atoms with Crippen LogP contribution in [-0.4, -0.2) is 37.9 Å². The van der Waals surface area contributed by atoms with Crippen molar-refractivity contribution in [2.45, 2.75) is 66.2 Å². The highest BCUT2D eigenvalue weighted by Crippen LogP contribution is 2.24. The van der Waals surface area contributed by atoms with Crippen molar-refractivity contribution < 1.29 is 0 Å². The Morgan fingerprint density at radius 3 is 1.81 bits per heavy atom. The van der Waals surface area contributed by atoms with Crippen LogP contribution in [0.4, 0.5) is 0 Å². The number of nitrogens with one attached hydrogen (secondary N) is 2. The van der Waals surface area contributed by atoms with Crippen molar-refractivity contribution in [2.75, 3.05) is 26.2 Å². The quantitative estimate of drug-likeness (QED) is 0.645. The molecule has 4 heteroatoms. The molecule has 0 saturated carbocycles. The van der Waals surface area contributed by atoms with Gasteiger partial charge in [0, 0.05) is 25.9 Å². The lowest BCUT2D eigenvalue weighted by molar-refractivity contribution is 0.843. The number of benzene rings is 2. The fraction of sp³-hybridized carbons (Fsp3) is 0.500. The summed E-state index contributed by atoms with van der Waals surface area (Å²) < 4.78 is 0. The maximum atomic E-state index is 4.51. The standard InChI is InChI=1S/C15H22N2.C13H18N2/c1-4-12-6-5-7-13(11(2)3)14(12)10-15-16-8-9-17-15;1-3-11-6-4-5-10(2)12(11)9-13-14-7-8-15-13/h5-7,11H,4,8-10H2,1-3H3,(H,16,17);4-6H,3,7-9H2,1-2H3,(H,14,15). The van der Waals surface area contributed by atoms with Crippen LogP contribution in [0.15, 0.2) is 46.4 Å². The third kappa shape index (κ3) is 6.21. The number of amidine groups is 2. The maximum Gasteiger partial charge on any atom is 0.101 e. The number of aliphatic imine (C=N–C) groups is 2. The van der Waals surface area contributed by atoms with E-state index >= 15 is 0 Å². The molecule has 0 aliphatic carbocycles. The second-order valence-corrected chi connectivity index (χ2v) is 8.92. The van der Waals surface area contributed by atoms with Crippen LogP contribution in [0.1, 0.15) is 67.0 Å². The number of hydrogen-bond acceptors (Lipinski definition) is 4. The van der Waals surface area contributed by atoms with E-state index in [0.29, 0.717) is 5.92 Å². The first-order valence-corrected chi connectivity index (χ1v) is 12.3. The molecule has 0 radical (unpaired) electrons. The Hall–Kier alpha value is -2.62. The van der Waals surface area contributed by atoms with E-state index in [1.54, 1.807) is 0 Å². The summed E-state index contributed by atoms with van der Waals surface area (Å²) in [6, 6.07) is 13.2. The van der Waals surface area contributed by atoms with E-state index in [4.69, 9.17) is 0 Å². The topological polar surface area (TPSA) is 48.8 Å². The van der Waals surface area contributed by atoms with Gasteiger partial charge < -0.3 is 10.6 Å². The molecular formula is C28H40N4. The summed E-state index contributed by atoms with van der Waals surface area (Å²) in [6.07, 6.45) is 4.14. The third-order valence-electron chi connectivity index (χ3n) is 6.38. The highest BCUT2D eigenvalue weighted by molar-refractivity contribution is 5.86. The number of rotatable bonds is 7. The van der Waals surface area contributed by atoms with Crippen molar-refractivity contribution in [2.24, 2.45) is 9.98 Å². The predicted octanol–water partition coefficient (Wildman–Crippen LogP) is 5.02. The molecule has 0 amide bonds. The van der Waals surface area contributed by atoms with Gasteiger partial charge in [0.15, 0.2) is 0 Å². The molecule has 0 bridgehead atoms. The van der Waals surface area contributed by atoms with Gasteiger partial charge in [-0.25, -0.2) is 0 Å². The number of hydrogen-bond donors (Lipinski definition) is 2. The van der Waals surface area contributed by atoms with E-state index in [2.05, 4.69) is 91.6 Å². The van der Waals surface area contributed by atoms with Gasteiger partial charge in [-0.15, -0.1) is 0 Å². The van der Waals surface area contributed by atoms with E-state index < -0.39 is 0 Å².